The average Bonchev–Trinajstić information content (AvgIpc) is 3.37. The van der Waals surface area contributed by atoms with E-state index in [4.69, 9.17) is 19.4 Å². The molecule has 2 aliphatic rings. The van der Waals surface area contributed by atoms with E-state index in [1.54, 1.807) is 31.2 Å². The summed E-state index contributed by atoms with van der Waals surface area (Å²) in [5.41, 5.74) is 0.889. The van der Waals surface area contributed by atoms with Gasteiger partial charge in [-0.2, -0.15) is 0 Å². The molecule has 5 nitrogen and oxygen atoms in total. The van der Waals surface area contributed by atoms with Crippen LogP contribution in [0.2, 0.25) is 0 Å². The Hall–Kier alpha value is -2.61. The molecule has 2 aromatic rings. The Bertz CT molecular complexity index is 951. The molecule has 0 spiro atoms. The molecule has 7 heteroatoms. The van der Waals surface area contributed by atoms with Crippen molar-refractivity contribution < 1.29 is 28.2 Å². The van der Waals surface area contributed by atoms with Crippen LogP contribution in [0.3, 0.4) is 0 Å². The van der Waals surface area contributed by atoms with Crippen molar-refractivity contribution in [3.63, 3.8) is 0 Å². The topological polar surface area (TPSA) is 60.3 Å². The van der Waals surface area contributed by atoms with E-state index in [1.165, 1.54) is 18.2 Å². The first kappa shape index (κ1) is 26.6. The Morgan fingerprint density at radius 1 is 1.21 bits per heavy atom. The second kappa shape index (κ2) is 12.0. The maximum Gasteiger partial charge on any atom is 0.132 e. The number of hydrogen-bond acceptors (Lipinski definition) is 5. The van der Waals surface area contributed by atoms with E-state index in [0.29, 0.717) is 19.8 Å². The molecule has 0 aromatic heterocycles. The second-order valence-corrected chi connectivity index (χ2v) is 8.05. The number of ether oxygens (including phenoxy) is 3. The molecule has 4 rings (SSSR count). The van der Waals surface area contributed by atoms with Gasteiger partial charge in [0.1, 0.15) is 17.3 Å². The van der Waals surface area contributed by atoms with Crippen LogP contribution in [0, 0.1) is 17.6 Å². The number of oxime groups is 1. The minimum absolute atomic E-state index is 0. The average molecular weight is 462 g/mol. The fourth-order valence-electron chi connectivity index (χ4n) is 4.12. The minimum Gasteiger partial charge on any atom is -0.411 e. The molecule has 0 aliphatic carbocycles. The number of nitrogens with zero attached hydrogens (tertiary/aromatic N) is 1. The summed E-state index contributed by atoms with van der Waals surface area (Å²) in [6, 6.07) is 13.1. The summed E-state index contributed by atoms with van der Waals surface area (Å²) in [7, 11) is 0. The van der Waals surface area contributed by atoms with E-state index < -0.39 is 5.82 Å². The van der Waals surface area contributed by atoms with Gasteiger partial charge in [-0.05, 0) is 37.6 Å². The van der Waals surface area contributed by atoms with Crippen LogP contribution >= 0.6 is 0 Å². The maximum atomic E-state index is 13.9. The highest BCUT2D eigenvalue weighted by Gasteiger charge is 2.54. The molecule has 2 aliphatic heterocycles. The second-order valence-electron chi connectivity index (χ2n) is 8.05. The van der Waals surface area contributed by atoms with Crippen LogP contribution in [0.4, 0.5) is 8.78 Å². The van der Waals surface area contributed by atoms with Crippen molar-refractivity contribution in [2.75, 3.05) is 26.4 Å². The zero-order valence-corrected chi connectivity index (χ0v) is 18.3. The standard InChI is InChI=1S/C13H15FO2.C12H14FNO2.CH4/c1-9-11-6-15-7-13(11,8-16-9)10-4-2-3-5-12(10)14;1-3-9(2)16-8-12(14-15)10-6-4-5-7-11(10)13;/h2-5,9,11H,6-8H2,1H3;3-7,9,15H,1,8H2,2H3;1H4/t9-,11-,13+;;/m1../s1. The fourth-order valence-corrected chi connectivity index (χ4v) is 4.12. The lowest BCUT2D eigenvalue weighted by Gasteiger charge is -2.27. The van der Waals surface area contributed by atoms with Gasteiger partial charge in [0.15, 0.2) is 0 Å². The van der Waals surface area contributed by atoms with Crippen molar-refractivity contribution in [3.05, 3.63) is 83.9 Å². The number of fused-ring (bicyclic) bond motifs is 1. The Balaban J connectivity index is 0.000000227. The van der Waals surface area contributed by atoms with Crippen LogP contribution < -0.4 is 0 Å². The lowest BCUT2D eigenvalue weighted by Crippen LogP contribution is -2.35. The van der Waals surface area contributed by atoms with Crippen LogP contribution in [-0.4, -0.2) is 49.6 Å². The molecule has 0 saturated carbocycles. The fraction of sp³-hybridized carbons (Fsp3) is 0.423. The quantitative estimate of drug-likeness (QED) is 0.272. The third kappa shape index (κ3) is 5.85. The van der Waals surface area contributed by atoms with Gasteiger partial charge in [-0.3, -0.25) is 0 Å². The van der Waals surface area contributed by atoms with E-state index in [2.05, 4.69) is 11.7 Å². The molecule has 2 saturated heterocycles. The molecule has 180 valence electrons. The third-order valence-electron chi connectivity index (χ3n) is 6.07. The number of benzene rings is 2. The Labute approximate surface area is 194 Å². The Morgan fingerprint density at radius 3 is 2.52 bits per heavy atom. The van der Waals surface area contributed by atoms with Crippen molar-refractivity contribution >= 4 is 5.71 Å². The van der Waals surface area contributed by atoms with Gasteiger partial charge < -0.3 is 19.4 Å². The van der Waals surface area contributed by atoms with Crippen molar-refractivity contribution in [2.24, 2.45) is 11.1 Å². The highest BCUT2D eigenvalue weighted by Crippen LogP contribution is 2.46. The Morgan fingerprint density at radius 2 is 1.88 bits per heavy atom. The first-order valence-electron chi connectivity index (χ1n) is 10.6. The SMILES string of the molecule is C.C=CC(C)OCC(=NO)c1ccccc1F.C[C@H]1OC[C@]2(c3ccccc3F)COC[C@H]12. The predicted molar refractivity (Wildman–Crippen MR) is 125 cm³/mol. The summed E-state index contributed by atoms with van der Waals surface area (Å²) >= 11 is 0. The van der Waals surface area contributed by atoms with Gasteiger partial charge in [-0.25, -0.2) is 8.78 Å². The summed E-state index contributed by atoms with van der Waals surface area (Å²) in [5, 5.41) is 11.8. The van der Waals surface area contributed by atoms with Crippen LogP contribution in [0.15, 0.2) is 66.3 Å². The van der Waals surface area contributed by atoms with Crippen molar-refractivity contribution in [2.45, 2.75) is 38.9 Å². The maximum absolute atomic E-state index is 13.9. The number of halogens is 2. The lowest BCUT2D eigenvalue weighted by molar-refractivity contribution is 0.0577. The summed E-state index contributed by atoms with van der Waals surface area (Å²) in [6.45, 7) is 9.24. The molecule has 33 heavy (non-hydrogen) atoms. The molecule has 2 aromatic carbocycles. The Kier molecular flexibility index (Phi) is 9.70. The zero-order valence-electron chi connectivity index (χ0n) is 18.3. The number of rotatable bonds is 6. The van der Waals surface area contributed by atoms with Gasteiger partial charge in [0.2, 0.25) is 0 Å². The number of hydrogen-bond donors (Lipinski definition) is 1. The molecule has 1 unspecified atom stereocenters. The minimum atomic E-state index is -0.440. The molecule has 0 amide bonds. The van der Waals surface area contributed by atoms with Gasteiger partial charge in [-0.15, -0.1) is 6.58 Å². The lowest BCUT2D eigenvalue weighted by atomic mass is 9.73. The highest BCUT2D eigenvalue weighted by atomic mass is 19.1. The van der Waals surface area contributed by atoms with Crippen LogP contribution in [0.1, 0.15) is 32.4 Å². The van der Waals surface area contributed by atoms with Gasteiger partial charge in [-0.1, -0.05) is 49.0 Å². The van der Waals surface area contributed by atoms with Crippen LogP contribution in [0.25, 0.3) is 0 Å². The van der Waals surface area contributed by atoms with E-state index in [0.717, 1.165) is 5.56 Å². The smallest absolute Gasteiger partial charge is 0.132 e. The first-order chi connectivity index (χ1) is 15.4. The van der Waals surface area contributed by atoms with Crippen molar-refractivity contribution in [3.8, 4) is 0 Å². The van der Waals surface area contributed by atoms with E-state index in [9.17, 15) is 8.78 Å². The highest BCUT2D eigenvalue weighted by molar-refractivity contribution is 6.01. The van der Waals surface area contributed by atoms with E-state index in [1.807, 2.05) is 19.1 Å². The normalized spacial score (nSPS) is 24.8. The van der Waals surface area contributed by atoms with Gasteiger partial charge in [0.25, 0.3) is 0 Å². The van der Waals surface area contributed by atoms with Crippen molar-refractivity contribution in [1.29, 1.82) is 0 Å². The van der Waals surface area contributed by atoms with Gasteiger partial charge in [0, 0.05) is 11.5 Å². The first-order valence-corrected chi connectivity index (χ1v) is 10.6. The van der Waals surface area contributed by atoms with E-state index in [-0.39, 0.29) is 54.7 Å². The summed E-state index contributed by atoms with van der Waals surface area (Å²) in [6.07, 6.45) is 1.58. The zero-order chi connectivity index (χ0) is 23.1. The van der Waals surface area contributed by atoms with Gasteiger partial charge >= 0.3 is 0 Å². The molecule has 4 atom stereocenters. The van der Waals surface area contributed by atoms with Gasteiger partial charge in [0.05, 0.1) is 44.1 Å². The summed E-state index contributed by atoms with van der Waals surface area (Å²) < 4.78 is 43.8. The third-order valence-corrected chi connectivity index (χ3v) is 6.07. The molecule has 1 N–H and O–H groups in total. The molecular formula is C26H33F2NO4. The summed E-state index contributed by atoms with van der Waals surface area (Å²) in [5.74, 6) is -0.301. The molecule has 0 bridgehead atoms. The largest absolute Gasteiger partial charge is 0.411 e. The monoisotopic (exact) mass is 461 g/mol. The molecule has 0 radical (unpaired) electrons. The van der Waals surface area contributed by atoms with Crippen LogP contribution in [0.5, 0.6) is 0 Å². The molecular weight excluding hydrogens is 428 g/mol. The van der Waals surface area contributed by atoms with E-state index >= 15 is 0 Å². The van der Waals surface area contributed by atoms with Crippen molar-refractivity contribution in [1.82, 2.24) is 0 Å². The van der Waals surface area contributed by atoms with Crippen LogP contribution in [-0.2, 0) is 19.6 Å². The molecule has 2 heterocycles. The predicted octanol–water partition coefficient (Wildman–Crippen LogP) is 5.36. The summed E-state index contributed by atoms with van der Waals surface area (Å²) in [4.78, 5) is 0. The molecule has 2 fully saturated rings.